The van der Waals surface area contributed by atoms with Crippen LogP contribution in [-0.4, -0.2) is 13.9 Å². The van der Waals surface area contributed by atoms with Gasteiger partial charge in [0.2, 0.25) is 0 Å². The highest BCUT2D eigenvalue weighted by atomic mass is 16.7. The Labute approximate surface area is 105 Å². The summed E-state index contributed by atoms with van der Waals surface area (Å²) in [5.41, 5.74) is 4.99. The van der Waals surface area contributed by atoms with Crippen LogP contribution in [0.5, 0.6) is 5.75 Å². The Kier molecular flexibility index (Phi) is 4.21. The number of aryl methyl sites for hydroxylation is 1. The maximum atomic E-state index is 5.65. The quantitative estimate of drug-likeness (QED) is 0.744. The van der Waals surface area contributed by atoms with Crippen LogP contribution in [0.25, 0.3) is 0 Å². The van der Waals surface area contributed by atoms with Gasteiger partial charge >= 0.3 is 0 Å². The van der Waals surface area contributed by atoms with E-state index in [1.54, 1.807) is 7.11 Å². The van der Waals surface area contributed by atoms with Gasteiger partial charge < -0.3 is 9.47 Å². The Morgan fingerprint density at radius 2 is 1.65 bits per heavy atom. The maximum absolute atomic E-state index is 5.65. The molecule has 0 heterocycles. The molecule has 0 bridgehead atoms. The highest BCUT2D eigenvalue weighted by molar-refractivity contribution is 5.50. The first-order valence-corrected chi connectivity index (χ1v) is 5.94. The van der Waals surface area contributed by atoms with Crippen molar-refractivity contribution in [2.45, 2.75) is 47.0 Å². The van der Waals surface area contributed by atoms with Gasteiger partial charge in [0.1, 0.15) is 5.75 Å². The van der Waals surface area contributed by atoms with E-state index in [-0.39, 0.29) is 12.2 Å². The lowest BCUT2D eigenvalue weighted by molar-refractivity contribution is 0.0495. The van der Waals surface area contributed by atoms with Crippen LogP contribution in [0, 0.1) is 26.8 Å². The zero-order chi connectivity index (χ0) is 13.2. The second-order valence-corrected chi connectivity index (χ2v) is 5.50. The van der Waals surface area contributed by atoms with E-state index in [0.29, 0.717) is 0 Å². The van der Waals surface area contributed by atoms with E-state index in [0.717, 1.165) is 11.3 Å². The van der Waals surface area contributed by atoms with Crippen molar-refractivity contribution in [2.75, 3.05) is 13.9 Å². The normalized spacial score (nSPS) is 11.7. The molecule has 1 radical (unpaired) electrons. The third kappa shape index (κ3) is 3.01. The Balaban J connectivity index is 3.36. The zero-order valence-electron chi connectivity index (χ0n) is 12.0. The summed E-state index contributed by atoms with van der Waals surface area (Å²) in [4.78, 5) is 0. The predicted molar refractivity (Wildman–Crippen MR) is 70.7 cm³/mol. The fourth-order valence-electron chi connectivity index (χ4n) is 2.09. The third-order valence-electron chi connectivity index (χ3n) is 3.10. The first-order chi connectivity index (χ1) is 7.79. The summed E-state index contributed by atoms with van der Waals surface area (Å²) >= 11 is 0. The lowest BCUT2D eigenvalue weighted by Gasteiger charge is -2.26. The molecule has 0 aliphatic rings. The van der Waals surface area contributed by atoms with Crippen LogP contribution < -0.4 is 4.74 Å². The van der Waals surface area contributed by atoms with Crippen LogP contribution in [-0.2, 0) is 10.2 Å². The fraction of sp³-hybridized carbons (Fsp3) is 0.600. The number of hydrogen-bond acceptors (Lipinski definition) is 2. The Morgan fingerprint density at radius 1 is 1.06 bits per heavy atom. The average molecular weight is 235 g/mol. The minimum Gasteiger partial charge on any atom is -0.467 e. The number of methoxy groups -OCH3 is 1. The van der Waals surface area contributed by atoms with Crippen molar-refractivity contribution in [2.24, 2.45) is 0 Å². The molecule has 0 saturated heterocycles. The summed E-state index contributed by atoms with van der Waals surface area (Å²) in [5.74, 6) is 0.819. The maximum Gasteiger partial charge on any atom is 0.188 e. The molecular weight excluding hydrogens is 212 g/mol. The lowest BCUT2D eigenvalue weighted by atomic mass is 9.81. The second-order valence-electron chi connectivity index (χ2n) is 5.50. The molecule has 2 nitrogen and oxygen atoms in total. The smallest absolute Gasteiger partial charge is 0.188 e. The van der Waals surface area contributed by atoms with Gasteiger partial charge in [-0.3, -0.25) is 0 Å². The topological polar surface area (TPSA) is 18.5 Å². The van der Waals surface area contributed by atoms with Gasteiger partial charge in [0.25, 0.3) is 0 Å². The van der Waals surface area contributed by atoms with Crippen molar-refractivity contribution >= 4 is 0 Å². The van der Waals surface area contributed by atoms with Crippen molar-refractivity contribution in [3.63, 3.8) is 0 Å². The largest absolute Gasteiger partial charge is 0.467 e. The fourth-order valence-corrected chi connectivity index (χ4v) is 2.09. The van der Waals surface area contributed by atoms with Gasteiger partial charge in [-0.05, 0) is 42.9 Å². The third-order valence-corrected chi connectivity index (χ3v) is 3.10. The van der Waals surface area contributed by atoms with Crippen LogP contribution >= 0.6 is 0 Å². The number of hydrogen-bond donors (Lipinski definition) is 0. The van der Waals surface area contributed by atoms with Gasteiger partial charge in [-0.15, -0.1) is 0 Å². The molecule has 0 N–H and O–H groups in total. The Bertz CT molecular complexity index is 400. The molecule has 0 amide bonds. The molecule has 0 spiro atoms. The summed E-state index contributed by atoms with van der Waals surface area (Å²) < 4.78 is 10.6. The van der Waals surface area contributed by atoms with E-state index >= 15 is 0 Å². The van der Waals surface area contributed by atoms with Gasteiger partial charge in [0.15, 0.2) is 6.79 Å². The molecule has 1 rings (SSSR count). The predicted octanol–water partition coefficient (Wildman–Crippen LogP) is 3.69. The van der Waals surface area contributed by atoms with Crippen LogP contribution in [0.2, 0.25) is 0 Å². The van der Waals surface area contributed by atoms with Crippen LogP contribution in [0.15, 0.2) is 0 Å². The summed E-state index contributed by atoms with van der Waals surface area (Å²) in [7, 11) is 1.63. The molecule has 95 valence electrons. The first kappa shape index (κ1) is 14.0. The molecule has 2 heteroatoms. The number of ether oxygens (including phenoxy) is 2. The number of benzene rings is 1. The molecular formula is C15H23O2. The highest BCUT2D eigenvalue weighted by Gasteiger charge is 2.23. The van der Waals surface area contributed by atoms with Gasteiger partial charge in [-0.2, -0.15) is 0 Å². The molecule has 0 saturated carbocycles. The minimum absolute atomic E-state index is 0.0438. The molecule has 0 fully saturated rings. The highest BCUT2D eigenvalue weighted by Crippen LogP contribution is 2.36. The molecule has 17 heavy (non-hydrogen) atoms. The van der Waals surface area contributed by atoms with E-state index in [1.165, 1.54) is 16.7 Å². The van der Waals surface area contributed by atoms with Crippen LogP contribution in [0.3, 0.4) is 0 Å². The minimum atomic E-state index is 0.0438. The average Bonchev–Trinajstić information content (AvgIpc) is 2.20. The van der Waals surface area contributed by atoms with Crippen molar-refractivity contribution < 1.29 is 9.47 Å². The van der Waals surface area contributed by atoms with Crippen LogP contribution in [0.4, 0.5) is 0 Å². The summed E-state index contributed by atoms with van der Waals surface area (Å²) in [6, 6.07) is 3.32. The summed E-state index contributed by atoms with van der Waals surface area (Å²) in [6.07, 6.45) is 0. The molecule has 0 aliphatic carbocycles. The van der Waals surface area contributed by atoms with E-state index in [1.807, 2.05) is 0 Å². The van der Waals surface area contributed by atoms with Gasteiger partial charge in [-0.1, -0.05) is 20.8 Å². The molecule has 0 atom stereocenters. The van der Waals surface area contributed by atoms with Gasteiger partial charge in [0.05, 0.1) is 0 Å². The standard InChI is InChI=1S/C15H23O2/c1-10-8-13(17-9-16-7)14(15(4,5)6)12(3)11(10)2/h9H2,1-7H3. The molecule has 0 unspecified atom stereocenters. The summed E-state index contributed by atoms with van der Waals surface area (Å²) in [5, 5.41) is 0. The Hall–Kier alpha value is -1.02. The molecule has 1 aromatic rings. The first-order valence-electron chi connectivity index (χ1n) is 5.94. The molecule has 0 aromatic heterocycles. The van der Waals surface area contributed by atoms with Crippen molar-refractivity contribution in [1.82, 2.24) is 0 Å². The Morgan fingerprint density at radius 3 is 2.12 bits per heavy atom. The van der Waals surface area contributed by atoms with Gasteiger partial charge in [0, 0.05) is 18.7 Å². The van der Waals surface area contributed by atoms with Crippen molar-refractivity contribution in [1.29, 1.82) is 0 Å². The number of rotatable bonds is 3. The van der Waals surface area contributed by atoms with Crippen molar-refractivity contribution in [3.8, 4) is 5.75 Å². The second kappa shape index (κ2) is 5.09. The monoisotopic (exact) mass is 235 g/mol. The van der Waals surface area contributed by atoms with Crippen molar-refractivity contribution in [3.05, 3.63) is 28.3 Å². The molecule has 0 aliphatic heterocycles. The zero-order valence-corrected chi connectivity index (χ0v) is 12.0. The van der Waals surface area contributed by atoms with Crippen LogP contribution in [0.1, 0.15) is 43.0 Å². The lowest BCUT2D eigenvalue weighted by Crippen LogP contribution is -2.17. The van der Waals surface area contributed by atoms with E-state index in [2.05, 4.69) is 47.6 Å². The molecule has 1 aromatic carbocycles. The van der Waals surface area contributed by atoms with E-state index in [9.17, 15) is 0 Å². The SMILES string of the molecule is COCOc1[c]c(C)c(C)c(C)c1C(C)(C)C. The van der Waals surface area contributed by atoms with E-state index < -0.39 is 0 Å². The van der Waals surface area contributed by atoms with E-state index in [4.69, 9.17) is 9.47 Å². The van der Waals surface area contributed by atoms with Gasteiger partial charge in [-0.25, -0.2) is 0 Å². The summed E-state index contributed by atoms with van der Waals surface area (Å²) in [6.45, 7) is 13.2.